The third-order valence-electron chi connectivity index (χ3n) is 2.75. The monoisotopic (exact) mass is 189 g/mol. The molecule has 1 N–H and O–H groups in total. The van der Waals surface area contributed by atoms with Crippen LogP contribution in [0.15, 0.2) is 30.9 Å². The van der Waals surface area contributed by atoms with Gasteiger partial charge in [0.1, 0.15) is 0 Å². The SMILES string of the molecule is C=CC(C)(C)c1ccc(NC)c(C)c1. The van der Waals surface area contributed by atoms with E-state index in [0.29, 0.717) is 0 Å². The van der Waals surface area contributed by atoms with Gasteiger partial charge in [0.15, 0.2) is 0 Å². The van der Waals surface area contributed by atoms with Gasteiger partial charge in [-0.25, -0.2) is 0 Å². The molecular weight excluding hydrogens is 170 g/mol. The Balaban J connectivity index is 3.15. The first kappa shape index (κ1) is 10.8. The van der Waals surface area contributed by atoms with Gasteiger partial charge >= 0.3 is 0 Å². The van der Waals surface area contributed by atoms with E-state index in [-0.39, 0.29) is 5.41 Å². The van der Waals surface area contributed by atoms with E-state index in [1.54, 1.807) is 0 Å². The van der Waals surface area contributed by atoms with Gasteiger partial charge in [0.2, 0.25) is 0 Å². The Labute approximate surface area is 86.8 Å². The fourth-order valence-electron chi connectivity index (χ4n) is 1.46. The highest BCUT2D eigenvalue weighted by Crippen LogP contribution is 2.27. The molecule has 76 valence electrons. The number of rotatable bonds is 3. The van der Waals surface area contributed by atoms with Crippen molar-refractivity contribution in [3.8, 4) is 0 Å². The normalized spacial score (nSPS) is 11.1. The molecule has 0 aliphatic carbocycles. The average Bonchev–Trinajstić information content (AvgIpc) is 2.17. The number of hydrogen-bond acceptors (Lipinski definition) is 1. The third kappa shape index (κ3) is 1.98. The summed E-state index contributed by atoms with van der Waals surface area (Å²) in [5.74, 6) is 0. The molecule has 0 saturated heterocycles. The van der Waals surface area contributed by atoms with Gasteiger partial charge in [-0.3, -0.25) is 0 Å². The van der Waals surface area contributed by atoms with Gasteiger partial charge in [-0.1, -0.05) is 32.1 Å². The van der Waals surface area contributed by atoms with Gasteiger partial charge in [0.05, 0.1) is 0 Å². The van der Waals surface area contributed by atoms with E-state index in [1.807, 2.05) is 13.1 Å². The van der Waals surface area contributed by atoms with Gasteiger partial charge in [-0.2, -0.15) is 0 Å². The number of benzene rings is 1. The Morgan fingerprint density at radius 3 is 2.43 bits per heavy atom. The molecule has 0 saturated carbocycles. The third-order valence-corrected chi connectivity index (χ3v) is 2.75. The van der Waals surface area contributed by atoms with Crippen molar-refractivity contribution in [2.75, 3.05) is 12.4 Å². The standard InChI is InChI=1S/C13H19N/c1-6-13(3,4)11-7-8-12(14-5)10(2)9-11/h6-9,14H,1H2,2-5H3. The van der Waals surface area contributed by atoms with Crippen molar-refractivity contribution in [1.82, 2.24) is 0 Å². The molecule has 14 heavy (non-hydrogen) atoms. The van der Waals surface area contributed by atoms with Crippen LogP contribution in [0.3, 0.4) is 0 Å². The van der Waals surface area contributed by atoms with Crippen molar-refractivity contribution in [3.05, 3.63) is 42.0 Å². The fraction of sp³-hybridized carbons (Fsp3) is 0.385. The summed E-state index contributed by atoms with van der Waals surface area (Å²) in [6.45, 7) is 10.3. The van der Waals surface area contributed by atoms with E-state index in [2.05, 4.69) is 50.9 Å². The maximum absolute atomic E-state index is 3.87. The summed E-state index contributed by atoms with van der Waals surface area (Å²) in [5.41, 5.74) is 3.83. The number of aryl methyl sites for hydroxylation is 1. The zero-order valence-corrected chi connectivity index (χ0v) is 9.52. The van der Waals surface area contributed by atoms with E-state index in [9.17, 15) is 0 Å². The van der Waals surface area contributed by atoms with Crippen LogP contribution in [-0.4, -0.2) is 7.05 Å². The Morgan fingerprint density at radius 1 is 1.36 bits per heavy atom. The molecule has 0 atom stereocenters. The van der Waals surface area contributed by atoms with Gasteiger partial charge in [-0.05, 0) is 24.1 Å². The molecule has 0 aromatic heterocycles. The minimum Gasteiger partial charge on any atom is -0.388 e. The molecule has 0 aliphatic heterocycles. The Hall–Kier alpha value is -1.24. The highest BCUT2D eigenvalue weighted by molar-refractivity contribution is 5.53. The second-order valence-electron chi connectivity index (χ2n) is 4.21. The smallest absolute Gasteiger partial charge is 0.0367 e. The summed E-state index contributed by atoms with van der Waals surface area (Å²) in [7, 11) is 1.95. The molecule has 1 nitrogen and oxygen atoms in total. The number of nitrogens with one attached hydrogen (secondary N) is 1. The van der Waals surface area contributed by atoms with E-state index >= 15 is 0 Å². The van der Waals surface area contributed by atoms with Crippen LogP contribution in [0.1, 0.15) is 25.0 Å². The van der Waals surface area contributed by atoms with Crippen molar-refractivity contribution in [2.24, 2.45) is 0 Å². The minimum absolute atomic E-state index is 0.0526. The number of hydrogen-bond donors (Lipinski definition) is 1. The molecular formula is C13H19N. The van der Waals surface area contributed by atoms with Crippen molar-refractivity contribution in [1.29, 1.82) is 0 Å². The molecule has 0 unspecified atom stereocenters. The molecule has 0 aliphatic rings. The largest absolute Gasteiger partial charge is 0.388 e. The Bertz CT molecular complexity index is 337. The molecule has 0 spiro atoms. The summed E-state index contributed by atoms with van der Waals surface area (Å²) in [6.07, 6.45) is 1.99. The molecule has 1 rings (SSSR count). The molecule has 1 aromatic carbocycles. The van der Waals surface area contributed by atoms with E-state index in [4.69, 9.17) is 0 Å². The summed E-state index contributed by atoms with van der Waals surface area (Å²) in [6, 6.07) is 6.49. The quantitative estimate of drug-likeness (QED) is 0.718. The summed E-state index contributed by atoms with van der Waals surface area (Å²) < 4.78 is 0. The van der Waals surface area contributed by atoms with Crippen molar-refractivity contribution in [3.63, 3.8) is 0 Å². The second kappa shape index (κ2) is 3.87. The predicted molar refractivity (Wildman–Crippen MR) is 63.9 cm³/mol. The highest BCUT2D eigenvalue weighted by atomic mass is 14.8. The first-order valence-electron chi connectivity index (χ1n) is 4.93. The zero-order valence-electron chi connectivity index (χ0n) is 9.52. The van der Waals surface area contributed by atoms with Crippen LogP contribution in [0.5, 0.6) is 0 Å². The van der Waals surface area contributed by atoms with Crippen LogP contribution >= 0.6 is 0 Å². The molecule has 0 radical (unpaired) electrons. The maximum Gasteiger partial charge on any atom is 0.0367 e. The van der Waals surface area contributed by atoms with Crippen LogP contribution in [0.2, 0.25) is 0 Å². The lowest BCUT2D eigenvalue weighted by atomic mass is 9.84. The summed E-state index contributed by atoms with van der Waals surface area (Å²) in [4.78, 5) is 0. The van der Waals surface area contributed by atoms with E-state index < -0.39 is 0 Å². The molecule has 0 bridgehead atoms. The van der Waals surface area contributed by atoms with E-state index in [0.717, 1.165) is 0 Å². The molecule has 1 aromatic rings. The fourth-order valence-corrected chi connectivity index (χ4v) is 1.46. The summed E-state index contributed by atoms with van der Waals surface area (Å²) in [5, 5.41) is 3.17. The van der Waals surface area contributed by atoms with Gasteiger partial charge in [-0.15, -0.1) is 6.58 Å². The zero-order chi connectivity index (χ0) is 10.8. The lowest BCUT2D eigenvalue weighted by Gasteiger charge is -2.21. The first-order chi connectivity index (χ1) is 6.51. The van der Waals surface area contributed by atoms with Crippen molar-refractivity contribution in [2.45, 2.75) is 26.2 Å². The lowest BCUT2D eigenvalue weighted by molar-refractivity contribution is 0.671. The van der Waals surface area contributed by atoms with Crippen LogP contribution in [0.25, 0.3) is 0 Å². The highest BCUT2D eigenvalue weighted by Gasteiger charge is 2.16. The number of allylic oxidation sites excluding steroid dienone is 1. The van der Waals surface area contributed by atoms with Crippen molar-refractivity contribution >= 4 is 5.69 Å². The first-order valence-corrected chi connectivity index (χ1v) is 4.93. The second-order valence-corrected chi connectivity index (χ2v) is 4.21. The summed E-state index contributed by atoms with van der Waals surface area (Å²) >= 11 is 0. The maximum atomic E-state index is 3.87. The molecule has 0 amide bonds. The van der Waals surface area contributed by atoms with Crippen LogP contribution in [-0.2, 0) is 5.41 Å². The van der Waals surface area contributed by atoms with Crippen molar-refractivity contribution < 1.29 is 0 Å². The van der Waals surface area contributed by atoms with Crippen LogP contribution in [0, 0.1) is 6.92 Å². The van der Waals surface area contributed by atoms with Crippen LogP contribution in [0.4, 0.5) is 5.69 Å². The topological polar surface area (TPSA) is 12.0 Å². The van der Waals surface area contributed by atoms with Gasteiger partial charge in [0.25, 0.3) is 0 Å². The van der Waals surface area contributed by atoms with Crippen LogP contribution < -0.4 is 5.32 Å². The molecule has 0 fully saturated rings. The van der Waals surface area contributed by atoms with Gasteiger partial charge in [0, 0.05) is 18.2 Å². The van der Waals surface area contributed by atoms with E-state index in [1.165, 1.54) is 16.8 Å². The lowest BCUT2D eigenvalue weighted by Crippen LogP contribution is -2.13. The Morgan fingerprint density at radius 2 is 2.00 bits per heavy atom. The molecule has 0 heterocycles. The van der Waals surface area contributed by atoms with Gasteiger partial charge < -0.3 is 5.32 Å². The minimum atomic E-state index is 0.0526. The predicted octanol–water partition coefficient (Wildman–Crippen LogP) is 3.50. The molecule has 1 heteroatoms. The number of anilines is 1. The Kier molecular flexibility index (Phi) is 3.00. The average molecular weight is 189 g/mol.